The maximum absolute atomic E-state index is 9.86. The molecule has 0 bridgehead atoms. The Labute approximate surface area is 129 Å². The molecule has 1 atom stereocenters. The van der Waals surface area contributed by atoms with Crippen LogP contribution in [0.5, 0.6) is 0 Å². The molecule has 3 nitrogen and oxygen atoms in total. The Bertz CT molecular complexity index is 721. The molecule has 0 amide bonds. The molecule has 0 radical (unpaired) electrons. The normalized spacial score (nSPS) is 12.8. The van der Waals surface area contributed by atoms with Crippen LogP contribution in [-0.4, -0.2) is 10.1 Å². The summed E-state index contributed by atoms with van der Waals surface area (Å²) in [7, 11) is 0. The second kappa shape index (κ2) is 5.60. The zero-order chi connectivity index (χ0) is 14.1. The molecule has 102 valence electrons. The minimum absolute atomic E-state index is 0.542. The van der Waals surface area contributed by atoms with Gasteiger partial charge in [0.2, 0.25) is 0 Å². The first-order valence-electron chi connectivity index (χ1n) is 6.14. The number of halogens is 1. The summed E-state index contributed by atoms with van der Waals surface area (Å²) in [5.74, 6) is 0. The van der Waals surface area contributed by atoms with E-state index in [9.17, 15) is 5.11 Å². The van der Waals surface area contributed by atoms with Crippen LogP contribution >= 0.6 is 27.7 Å². The smallest absolute Gasteiger partial charge is 0.261 e. The van der Waals surface area contributed by atoms with Crippen molar-refractivity contribution in [2.45, 2.75) is 23.1 Å². The summed E-state index contributed by atoms with van der Waals surface area (Å²) in [4.78, 5) is 5.37. The van der Waals surface area contributed by atoms with Gasteiger partial charge in [-0.2, -0.15) is 0 Å². The molecular formula is C15H12BrNO2S. The van der Waals surface area contributed by atoms with Crippen LogP contribution in [0.15, 0.2) is 61.5 Å². The first kappa shape index (κ1) is 13.7. The van der Waals surface area contributed by atoms with E-state index in [0.29, 0.717) is 5.22 Å². The van der Waals surface area contributed by atoms with Gasteiger partial charge >= 0.3 is 0 Å². The number of para-hydroxylation sites is 2. The van der Waals surface area contributed by atoms with E-state index >= 15 is 0 Å². The van der Waals surface area contributed by atoms with Crippen molar-refractivity contribution in [3.05, 3.63) is 52.5 Å². The van der Waals surface area contributed by atoms with Gasteiger partial charge in [-0.05, 0) is 54.6 Å². The summed E-state index contributed by atoms with van der Waals surface area (Å²) in [5, 5.41) is 10.4. The lowest BCUT2D eigenvalue weighted by atomic mass is 10.1. The average Bonchev–Trinajstić information content (AvgIpc) is 2.82. The highest BCUT2D eigenvalue weighted by atomic mass is 79.9. The quantitative estimate of drug-likeness (QED) is 0.737. The van der Waals surface area contributed by atoms with Crippen LogP contribution in [-0.2, 0) is 0 Å². The first-order valence-corrected chi connectivity index (χ1v) is 7.75. The van der Waals surface area contributed by atoms with E-state index in [1.807, 2.05) is 42.5 Å². The Morgan fingerprint density at radius 1 is 1.25 bits per heavy atom. The van der Waals surface area contributed by atoms with Crippen molar-refractivity contribution in [2.75, 3.05) is 0 Å². The molecule has 0 fully saturated rings. The van der Waals surface area contributed by atoms with Crippen molar-refractivity contribution in [1.82, 2.24) is 4.98 Å². The van der Waals surface area contributed by atoms with Crippen LogP contribution in [0.4, 0.5) is 0 Å². The van der Waals surface area contributed by atoms with E-state index in [-0.39, 0.29) is 0 Å². The van der Waals surface area contributed by atoms with Crippen molar-refractivity contribution in [1.29, 1.82) is 0 Å². The van der Waals surface area contributed by atoms with Crippen LogP contribution in [0.25, 0.3) is 11.1 Å². The second-order valence-corrected chi connectivity index (χ2v) is 6.32. The highest BCUT2D eigenvalue weighted by Crippen LogP contribution is 2.35. The number of hydrogen-bond acceptors (Lipinski definition) is 4. The van der Waals surface area contributed by atoms with Crippen LogP contribution in [0.1, 0.15) is 18.6 Å². The number of hydrogen-bond donors (Lipinski definition) is 1. The number of nitrogens with zero attached hydrogens (tertiary/aromatic N) is 1. The SMILES string of the molecule is CC(O)c1cc(Br)ccc1Sc1nc2ccccc2o1. The van der Waals surface area contributed by atoms with Gasteiger partial charge in [-0.25, -0.2) is 4.98 Å². The third-order valence-corrected chi connectivity index (χ3v) is 4.33. The van der Waals surface area contributed by atoms with Crippen LogP contribution < -0.4 is 0 Å². The molecule has 1 unspecified atom stereocenters. The minimum atomic E-state index is -0.542. The van der Waals surface area contributed by atoms with Crippen LogP contribution in [0.2, 0.25) is 0 Å². The molecule has 1 aromatic heterocycles. The molecule has 0 aliphatic carbocycles. The fraction of sp³-hybridized carbons (Fsp3) is 0.133. The maximum Gasteiger partial charge on any atom is 0.261 e. The standard InChI is InChI=1S/C15H12BrNO2S/c1-9(18)11-8-10(16)6-7-14(11)20-15-17-12-4-2-3-5-13(12)19-15/h2-9,18H,1H3. The molecule has 3 aromatic rings. The van der Waals surface area contributed by atoms with E-state index in [0.717, 1.165) is 26.0 Å². The summed E-state index contributed by atoms with van der Waals surface area (Å²) >= 11 is 4.84. The Balaban J connectivity index is 1.98. The van der Waals surface area contributed by atoms with E-state index in [4.69, 9.17) is 4.42 Å². The molecule has 5 heteroatoms. The Kier molecular flexibility index (Phi) is 3.83. The fourth-order valence-corrected chi connectivity index (χ4v) is 3.25. The van der Waals surface area contributed by atoms with Crippen molar-refractivity contribution < 1.29 is 9.52 Å². The monoisotopic (exact) mass is 349 g/mol. The first-order chi connectivity index (χ1) is 9.63. The zero-order valence-corrected chi connectivity index (χ0v) is 13.1. The maximum atomic E-state index is 9.86. The molecule has 1 heterocycles. The van der Waals surface area contributed by atoms with E-state index in [1.165, 1.54) is 11.8 Å². The predicted octanol–water partition coefficient (Wildman–Crippen LogP) is 4.79. The van der Waals surface area contributed by atoms with Crippen LogP contribution in [0.3, 0.4) is 0 Å². The number of fused-ring (bicyclic) bond motifs is 1. The van der Waals surface area contributed by atoms with Gasteiger partial charge < -0.3 is 9.52 Å². The van der Waals surface area contributed by atoms with Gasteiger partial charge in [0.1, 0.15) is 5.52 Å². The molecular weight excluding hydrogens is 338 g/mol. The third-order valence-electron chi connectivity index (χ3n) is 2.89. The van der Waals surface area contributed by atoms with E-state index in [2.05, 4.69) is 20.9 Å². The predicted molar refractivity (Wildman–Crippen MR) is 82.9 cm³/mol. The summed E-state index contributed by atoms with van der Waals surface area (Å²) in [6.07, 6.45) is -0.542. The van der Waals surface area contributed by atoms with Crippen molar-refractivity contribution in [3.63, 3.8) is 0 Å². The Morgan fingerprint density at radius 2 is 2.05 bits per heavy atom. The lowest BCUT2D eigenvalue weighted by Crippen LogP contribution is -1.94. The van der Waals surface area contributed by atoms with Gasteiger partial charge in [0.05, 0.1) is 6.10 Å². The molecule has 0 spiro atoms. The number of benzene rings is 2. The molecule has 2 aromatic carbocycles. The number of aromatic nitrogens is 1. The second-order valence-electron chi connectivity index (χ2n) is 4.41. The van der Waals surface area contributed by atoms with Crippen molar-refractivity contribution in [2.24, 2.45) is 0 Å². The highest BCUT2D eigenvalue weighted by molar-refractivity contribution is 9.10. The summed E-state index contributed by atoms with van der Waals surface area (Å²) in [6.45, 7) is 1.75. The summed E-state index contributed by atoms with van der Waals surface area (Å²) in [5.41, 5.74) is 2.46. The number of aliphatic hydroxyl groups is 1. The van der Waals surface area contributed by atoms with Gasteiger partial charge in [-0.3, -0.25) is 0 Å². The topological polar surface area (TPSA) is 46.3 Å². The van der Waals surface area contributed by atoms with E-state index < -0.39 is 6.10 Å². The van der Waals surface area contributed by atoms with Crippen LogP contribution in [0, 0.1) is 0 Å². The molecule has 0 saturated carbocycles. The van der Waals surface area contributed by atoms with Gasteiger partial charge in [0.25, 0.3) is 5.22 Å². The van der Waals surface area contributed by atoms with E-state index in [1.54, 1.807) is 6.92 Å². The molecule has 1 N–H and O–H groups in total. The number of rotatable bonds is 3. The van der Waals surface area contributed by atoms with Gasteiger partial charge in [0, 0.05) is 9.37 Å². The Hall–Kier alpha value is -1.30. The Morgan fingerprint density at radius 3 is 2.80 bits per heavy atom. The van der Waals surface area contributed by atoms with Gasteiger partial charge in [0.15, 0.2) is 5.58 Å². The third kappa shape index (κ3) is 2.75. The zero-order valence-electron chi connectivity index (χ0n) is 10.7. The average molecular weight is 350 g/mol. The van der Waals surface area contributed by atoms with Gasteiger partial charge in [-0.15, -0.1) is 0 Å². The highest BCUT2D eigenvalue weighted by Gasteiger charge is 2.13. The molecule has 3 rings (SSSR count). The minimum Gasteiger partial charge on any atom is -0.431 e. The van der Waals surface area contributed by atoms with Gasteiger partial charge in [-0.1, -0.05) is 28.1 Å². The number of aliphatic hydroxyl groups excluding tert-OH is 1. The van der Waals surface area contributed by atoms with Crippen molar-refractivity contribution in [3.8, 4) is 0 Å². The molecule has 0 saturated heterocycles. The lowest BCUT2D eigenvalue weighted by Gasteiger charge is -2.10. The summed E-state index contributed by atoms with van der Waals surface area (Å²) in [6, 6.07) is 13.5. The number of oxazole rings is 1. The fourth-order valence-electron chi connectivity index (χ4n) is 1.93. The molecule has 20 heavy (non-hydrogen) atoms. The molecule has 0 aliphatic rings. The van der Waals surface area contributed by atoms with Crippen molar-refractivity contribution >= 4 is 38.8 Å². The lowest BCUT2D eigenvalue weighted by molar-refractivity contribution is 0.196. The molecule has 0 aliphatic heterocycles. The summed E-state index contributed by atoms with van der Waals surface area (Å²) < 4.78 is 6.64. The largest absolute Gasteiger partial charge is 0.431 e.